The lowest BCUT2D eigenvalue weighted by atomic mass is 10.1. The highest BCUT2D eigenvalue weighted by Gasteiger charge is 2.05. The van der Waals surface area contributed by atoms with Gasteiger partial charge >= 0.3 is 0 Å². The predicted molar refractivity (Wildman–Crippen MR) is 60.2 cm³/mol. The van der Waals surface area contributed by atoms with Crippen LogP contribution in [-0.2, 0) is 7.05 Å². The average Bonchev–Trinajstić information content (AvgIpc) is 2.49. The van der Waals surface area contributed by atoms with Gasteiger partial charge in [-0.1, -0.05) is 0 Å². The third-order valence-corrected chi connectivity index (χ3v) is 2.40. The number of halogens is 1. The van der Waals surface area contributed by atoms with Crippen molar-refractivity contribution in [2.45, 2.75) is 6.92 Å². The van der Waals surface area contributed by atoms with E-state index in [1.165, 1.54) is 0 Å². The number of nitrogens with zero attached hydrogens (tertiary/aromatic N) is 4. The average molecular weight is 266 g/mol. The van der Waals surface area contributed by atoms with Crippen LogP contribution in [0, 0.1) is 13.3 Å². The predicted octanol–water partition coefficient (Wildman–Crippen LogP) is 1.88. The van der Waals surface area contributed by atoms with Gasteiger partial charge in [-0.3, -0.25) is 9.67 Å². The van der Waals surface area contributed by atoms with Crippen LogP contribution in [0.25, 0.3) is 0 Å². The molecule has 0 aliphatic rings. The zero-order valence-corrected chi connectivity index (χ0v) is 10.1. The lowest BCUT2D eigenvalue weighted by Crippen LogP contribution is -1.91. The second kappa shape index (κ2) is 4.10. The van der Waals surface area contributed by atoms with E-state index in [-0.39, 0.29) is 0 Å². The fourth-order valence-corrected chi connectivity index (χ4v) is 1.52. The van der Waals surface area contributed by atoms with Gasteiger partial charge in [-0.15, -0.1) is 0 Å². The van der Waals surface area contributed by atoms with E-state index in [4.69, 9.17) is 0 Å². The summed E-state index contributed by atoms with van der Waals surface area (Å²) in [6.07, 6.45) is 7.31. The van der Waals surface area contributed by atoms with Crippen molar-refractivity contribution in [3.8, 4) is 0 Å². The molecule has 0 amide bonds. The van der Waals surface area contributed by atoms with Crippen LogP contribution in [0.5, 0.6) is 0 Å². The van der Waals surface area contributed by atoms with Crippen molar-refractivity contribution >= 4 is 15.9 Å². The van der Waals surface area contributed by atoms with E-state index in [1.807, 2.05) is 26.6 Å². The van der Waals surface area contributed by atoms with Crippen LogP contribution in [0.15, 0.2) is 23.2 Å². The van der Waals surface area contributed by atoms with Crippen LogP contribution < -0.4 is 0 Å². The Bertz CT molecular complexity index is 461. The molecule has 2 aromatic heterocycles. The SMILES string of the molecule is Cc1nn(C)cc1[CH]c1cnc(Br)cn1. The van der Waals surface area contributed by atoms with Gasteiger partial charge in [0.15, 0.2) is 0 Å². The maximum Gasteiger partial charge on any atom is 0.124 e. The van der Waals surface area contributed by atoms with E-state index in [0.717, 1.165) is 21.6 Å². The number of aryl methyl sites for hydroxylation is 2. The topological polar surface area (TPSA) is 43.6 Å². The second-order valence-electron chi connectivity index (χ2n) is 3.25. The normalized spacial score (nSPS) is 10.6. The molecule has 5 heteroatoms. The molecule has 0 saturated carbocycles. The van der Waals surface area contributed by atoms with Crippen LogP contribution in [0.3, 0.4) is 0 Å². The van der Waals surface area contributed by atoms with Crippen molar-refractivity contribution in [3.63, 3.8) is 0 Å². The fraction of sp³-hybridized carbons (Fsp3) is 0.200. The van der Waals surface area contributed by atoms with Crippen LogP contribution in [0.1, 0.15) is 17.0 Å². The van der Waals surface area contributed by atoms with Gasteiger partial charge in [-0.2, -0.15) is 5.10 Å². The summed E-state index contributed by atoms with van der Waals surface area (Å²) in [5, 5.41) is 4.25. The Morgan fingerprint density at radius 1 is 1.33 bits per heavy atom. The van der Waals surface area contributed by atoms with Gasteiger partial charge in [0.1, 0.15) is 4.60 Å². The van der Waals surface area contributed by atoms with Crippen molar-refractivity contribution in [1.82, 2.24) is 19.7 Å². The zero-order chi connectivity index (χ0) is 10.8. The minimum atomic E-state index is 0.738. The van der Waals surface area contributed by atoms with Crippen LogP contribution >= 0.6 is 15.9 Å². The molecule has 0 aliphatic heterocycles. The largest absolute Gasteiger partial charge is 0.275 e. The first-order valence-electron chi connectivity index (χ1n) is 4.47. The minimum Gasteiger partial charge on any atom is -0.275 e. The molecule has 0 aliphatic carbocycles. The van der Waals surface area contributed by atoms with E-state index >= 15 is 0 Å². The van der Waals surface area contributed by atoms with Gasteiger partial charge in [0, 0.05) is 25.2 Å². The second-order valence-corrected chi connectivity index (χ2v) is 4.06. The molecule has 0 fully saturated rings. The molecular weight excluding hydrogens is 256 g/mol. The monoisotopic (exact) mass is 265 g/mol. The van der Waals surface area contributed by atoms with Crippen molar-refractivity contribution in [1.29, 1.82) is 0 Å². The molecule has 0 saturated heterocycles. The maximum atomic E-state index is 4.25. The van der Waals surface area contributed by atoms with Gasteiger partial charge in [0.2, 0.25) is 0 Å². The molecule has 77 valence electrons. The van der Waals surface area contributed by atoms with Crippen LogP contribution in [0.2, 0.25) is 0 Å². The quantitative estimate of drug-likeness (QED) is 0.833. The lowest BCUT2D eigenvalue weighted by molar-refractivity contribution is 0.756. The first-order chi connectivity index (χ1) is 7.15. The summed E-state index contributed by atoms with van der Waals surface area (Å²) in [6, 6.07) is 0. The molecule has 2 aromatic rings. The van der Waals surface area contributed by atoms with Gasteiger partial charge in [0.05, 0.1) is 23.8 Å². The van der Waals surface area contributed by atoms with Gasteiger partial charge in [-0.05, 0) is 22.9 Å². The standard InChI is InChI=1S/C10H10BrN4/c1-7-8(6-15(2)14-7)3-9-4-13-10(11)5-12-9/h3-6H,1-2H3. The highest BCUT2D eigenvalue weighted by atomic mass is 79.9. The Morgan fingerprint density at radius 3 is 2.67 bits per heavy atom. The Kier molecular flexibility index (Phi) is 2.81. The van der Waals surface area contributed by atoms with Crippen molar-refractivity contribution < 1.29 is 0 Å². The molecule has 15 heavy (non-hydrogen) atoms. The van der Waals surface area contributed by atoms with E-state index in [0.29, 0.717) is 0 Å². The van der Waals surface area contributed by atoms with Crippen molar-refractivity contribution in [2.24, 2.45) is 7.05 Å². The summed E-state index contributed by atoms with van der Waals surface area (Å²) in [4.78, 5) is 8.33. The Balaban J connectivity index is 2.21. The molecule has 0 unspecified atom stereocenters. The molecule has 4 nitrogen and oxygen atoms in total. The first-order valence-corrected chi connectivity index (χ1v) is 5.27. The number of rotatable bonds is 2. The molecule has 1 radical (unpaired) electrons. The fourth-order valence-electron chi connectivity index (χ4n) is 1.32. The molecule has 0 bridgehead atoms. The van der Waals surface area contributed by atoms with E-state index in [2.05, 4.69) is 31.0 Å². The summed E-state index contributed by atoms with van der Waals surface area (Å²) in [6.45, 7) is 1.97. The summed E-state index contributed by atoms with van der Waals surface area (Å²) >= 11 is 3.25. The zero-order valence-electron chi connectivity index (χ0n) is 8.48. The Hall–Kier alpha value is -1.23. The smallest absolute Gasteiger partial charge is 0.124 e. The highest BCUT2D eigenvalue weighted by Crippen LogP contribution is 2.13. The molecule has 0 atom stereocenters. The number of aromatic nitrogens is 4. The third kappa shape index (κ3) is 2.41. The third-order valence-electron chi connectivity index (χ3n) is 2.00. The summed E-state index contributed by atoms with van der Waals surface area (Å²) in [5.41, 5.74) is 2.88. The molecule has 0 spiro atoms. The van der Waals surface area contributed by atoms with Crippen molar-refractivity contribution in [3.05, 3.63) is 46.6 Å². The highest BCUT2D eigenvalue weighted by molar-refractivity contribution is 9.10. The summed E-state index contributed by atoms with van der Waals surface area (Å²) in [7, 11) is 1.90. The van der Waals surface area contributed by atoms with Gasteiger partial charge < -0.3 is 0 Å². The van der Waals surface area contributed by atoms with Gasteiger partial charge in [-0.25, -0.2) is 4.98 Å². The van der Waals surface area contributed by atoms with Crippen LogP contribution in [0.4, 0.5) is 0 Å². The van der Waals surface area contributed by atoms with E-state index in [1.54, 1.807) is 17.1 Å². The number of hydrogen-bond acceptors (Lipinski definition) is 3. The van der Waals surface area contributed by atoms with E-state index in [9.17, 15) is 0 Å². The molecule has 0 aromatic carbocycles. The maximum absolute atomic E-state index is 4.25. The summed E-state index contributed by atoms with van der Waals surface area (Å²) in [5.74, 6) is 0. The molecule has 0 N–H and O–H groups in total. The molecule has 2 heterocycles. The van der Waals surface area contributed by atoms with E-state index < -0.39 is 0 Å². The Labute approximate surface area is 96.5 Å². The molecular formula is C10H10BrN4. The van der Waals surface area contributed by atoms with Crippen molar-refractivity contribution in [2.75, 3.05) is 0 Å². The first kappa shape index (κ1) is 10.3. The summed E-state index contributed by atoms with van der Waals surface area (Å²) < 4.78 is 2.52. The Morgan fingerprint density at radius 2 is 2.13 bits per heavy atom. The van der Waals surface area contributed by atoms with Gasteiger partial charge in [0.25, 0.3) is 0 Å². The molecule has 2 rings (SSSR count). The minimum absolute atomic E-state index is 0.738. The number of hydrogen-bond donors (Lipinski definition) is 0. The van der Waals surface area contributed by atoms with Crippen LogP contribution in [-0.4, -0.2) is 19.7 Å². The lowest BCUT2D eigenvalue weighted by Gasteiger charge is -1.97.